The van der Waals surface area contributed by atoms with Crippen LogP contribution in [-0.2, 0) is 0 Å². The van der Waals surface area contributed by atoms with Gasteiger partial charge in [-0.05, 0) is 31.0 Å². The Morgan fingerprint density at radius 1 is 1.47 bits per heavy atom. The summed E-state index contributed by atoms with van der Waals surface area (Å²) in [6.07, 6.45) is 6.33. The van der Waals surface area contributed by atoms with E-state index in [-0.39, 0.29) is 5.82 Å². The molecule has 1 fully saturated rings. The molecule has 0 saturated heterocycles. The van der Waals surface area contributed by atoms with Crippen molar-refractivity contribution in [3.8, 4) is 0 Å². The summed E-state index contributed by atoms with van der Waals surface area (Å²) in [7, 11) is 0. The topological polar surface area (TPSA) is 12.0 Å². The van der Waals surface area contributed by atoms with Crippen LogP contribution < -0.4 is 5.32 Å². The third kappa shape index (κ3) is 3.43. The maximum absolute atomic E-state index is 13.3. The van der Waals surface area contributed by atoms with Crippen molar-refractivity contribution < 1.29 is 4.39 Å². The van der Waals surface area contributed by atoms with Gasteiger partial charge in [-0.3, -0.25) is 0 Å². The Labute approximate surface area is 97.5 Å². The van der Waals surface area contributed by atoms with E-state index in [4.69, 9.17) is 0 Å². The number of halogens is 2. The van der Waals surface area contributed by atoms with E-state index in [1.54, 1.807) is 12.1 Å². The highest BCUT2D eigenvalue weighted by molar-refractivity contribution is 9.10. The summed E-state index contributed by atoms with van der Waals surface area (Å²) in [5.74, 6) is -0.180. The van der Waals surface area contributed by atoms with Gasteiger partial charge in [-0.1, -0.05) is 28.1 Å². The Kier molecular flexibility index (Phi) is 3.54. The van der Waals surface area contributed by atoms with Gasteiger partial charge >= 0.3 is 0 Å². The van der Waals surface area contributed by atoms with Crippen molar-refractivity contribution in [2.45, 2.75) is 18.9 Å². The normalized spacial score (nSPS) is 16.1. The Hall–Kier alpha value is -0.670. The lowest BCUT2D eigenvalue weighted by atomic mass is 10.2. The summed E-state index contributed by atoms with van der Waals surface area (Å²) >= 11 is 3.32. The molecule has 0 heterocycles. The van der Waals surface area contributed by atoms with Crippen molar-refractivity contribution >= 4 is 22.0 Å². The molecule has 1 N–H and O–H groups in total. The SMILES string of the molecule is Fc1ccc(Br)cc1C=CCNC1CC1. The van der Waals surface area contributed by atoms with E-state index in [0.29, 0.717) is 11.6 Å². The van der Waals surface area contributed by atoms with Crippen LogP contribution in [-0.4, -0.2) is 12.6 Å². The molecular formula is C12H13BrFN. The average molecular weight is 270 g/mol. The Morgan fingerprint density at radius 2 is 2.27 bits per heavy atom. The Bertz CT molecular complexity index is 372. The molecule has 1 saturated carbocycles. The van der Waals surface area contributed by atoms with E-state index >= 15 is 0 Å². The molecule has 1 aromatic carbocycles. The van der Waals surface area contributed by atoms with Crippen molar-refractivity contribution in [2.24, 2.45) is 0 Å². The summed E-state index contributed by atoms with van der Waals surface area (Å²) in [6, 6.07) is 5.65. The number of rotatable bonds is 4. The van der Waals surface area contributed by atoms with Crippen LogP contribution in [0.1, 0.15) is 18.4 Å². The van der Waals surface area contributed by atoms with Gasteiger partial charge in [0.1, 0.15) is 5.82 Å². The van der Waals surface area contributed by atoms with Crippen molar-refractivity contribution in [1.82, 2.24) is 5.32 Å². The molecule has 1 aliphatic rings. The molecule has 0 amide bonds. The van der Waals surface area contributed by atoms with Crippen LogP contribution in [0.2, 0.25) is 0 Å². The molecule has 2 rings (SSSR count). The van der Waals surface area contributed by atoms with Gasteiger partial charge in [0.15, 0.2) is 0 Å². The second-order valence-electron chi connectivity index (χ2n) is 3.75. The van der Waals surface area contributed by atoms with Gasteiger partial charge in [-0.15, -0.1) is 0 Å². The van der Waals surface area contributed by atoms with Crippen LogP contribution in [0.25, 0.3) is 6.08 Å². The minimum Gasteiger partial charge on any atom is -0.311 e. The molecule has 0 unspecified atom stereocenters. The molecule has 0 aliphatic heterocycles. The van der Waals surface area contributed by atoms with Crippen molar-refractivity contribution in [2.75, 3.05) is 6.54 Å². The molecule has 80 valence electrons. The first-order valence-electron chi connectivity index (χ1n) is 5.10. The van der Waals surface area contributed by atoms with Crippen LogP contribution in [0, 0.1) is 5.82 Å². The highest BCUT2D eigenvalue weighted by atomic mass is 79.9. The van der Waals surface area contributed by atoms with E-state index in [1.165, 1.54) is 18.9 Å². The average Bonchev–Trinajstić information content (AvgIpc) is 3.01. The lowest BCUT2D eigenvalue weighted by Gasteiger charge is -1.98. The predicted molar refractivity (Wildman–Crippen MR) is 64.2 cm³/mol. The summed E-state index contributed by atoms with van der Waals surface area (Å²) in [4.78, 5) is 0. The van der Waals surface area contributed by atoms with E-state index in [9.17, 15) is 4.39 Å². The predicted octanol–water partition coefficient (Wildman–Crippen LogP) is 3.35. The van der Waals surface area contributed by atoms with Crippen molar-refractivity contribution in [1.29, 1.82) is 0 Å². The first kappa shape index (κ1) is 10.8. The zero-order valence-electron chi connectivity index (χ0n) is 8.34. The lowest BCUT2D eigenvalue weighted by Crippen LogP contribution is -2.15. The maximum atomic E-state index is 13.3. The number of nitrogens with one attached hydrogen (secondary N) is 1. The fourth-order valence-corrected chi connectivity index (χ4v) is 1.73. The zero-order valence-corrected chi connectivity index (χ0v) is 9.93. The van der Waals surface area contributed by atoms with E-state index in [1.807, 2.05) is 12.2 Å². The quantitative estimate of drug-likeness (QED) is 0.884. The van der Waals surface area contributed by atoms with Crippen LogP contribution >= 0.6 is 15.9 Å². The number of benzene rings is 1. The van der Waals surface area contributed by atoms with Gasteiger partial charge < -0.3 is 5.32 Å². The standard InChI is InChI=1S/C12H13BrFN/c13-10-3-6-12(14)9(8-10)2-1-7-15-11-4-5-11/h1-3,6,8,11,15H,4-5,7H2. The third-order valence-corrected chi connectivity index (χ3v) is 2.85. The molecule has 15 heavy (non-hydrogen) atoms. The highest BCUT2D eigenvalue weighted by Gasteiger charge is 2.18. The van der Waals surface area contributed by atoms with Gasteiger partial charge in [-0.2, -0.15) is 0 Å². The lowest BCUT2D eigenvalue weighted by molar-refractivity contribution is 0.624. The van der Waals surface area contributed by atoms with Crippen LogP contribution in [0.5, 0.6) is 0 Å². The van der Waals surface area contributed by atoms with Crippen molar-refractivity contribution in [3.05, 3.63) is 40.1 Å². The Morgan fingerprint density at radius 3 is 3.00 bits per heavy atom. The summed E-state index contributed by atoms with van der Waals surface area (Å²) < 4.78 is 14.2. The van der Waals surface area contributed by atoms with E-state index in [0.717, 1.165) is 11.0 Å². The molecule has 1 aliphatic carbocycles. The summed E-state index contributed by atoms with van der Waals surface area (Å²) in [6.45, 7) is 0.816. The van der Waals surface area contributed by atoms with Crippen LogP contribution in [0.3, 0.4) is 0 Å². The zero-order chi connectivity index (χ0) is 10.7. The van der Waals surface area contributed by atoms with Gasteiger partial charge in [-0.25, -0.2) is 4.39 Å². The number of hydrogen-bond donors (Lipinski definition) is 1. The molecule has 0 spiro atoms. The minimum absolute atomic E-state index is 0.180. The highest BCUT2D eigenvalue weighted by Crippen LogP contribution is 2.19. The smallest absolute Gasteiger partial charge is 0.130 e. The van der Waals surface area contributed by atoms with Gasteiger partial charge in [0.25, 0.3) is 0 Å². The first-order chi connectivity index (χ1) is 7.25. The van der Waals surface area contributed by atoms with Gasteiger partial charge in [0.2, 0.25) is 0 Å². The van der Waals surface area contributed by atoms with Crippen molar-refractivity contribution in [3.63, 3.8) is 0 Å². The monoisotopic (exact) mass is 269 g/mol. The molecule has 0 atom stereocenters. The third-order valence-electron chi connectivity index (χ3n) is 2.36. The van der Waals surface area contributed by atoms with E-state index < -0.39 is 0 Å². The number of hydrogen-bond acceptors (Lipinski definition) is 1. The maximum Gasteiger partial charge on any atom is 0.130 e. The van der Waals surface area contributed by atoms with Crippen LogP contribution in [0.4, 0.5) is 4.39 Å². The second kappa shape index (κ2) is 4.90. The fraction of sp³-hybridized carbons (Fsp3) is 0.333. The summed E-state index contributed by atoms with van der Waals surface area (Å²) in [5, 5.41) is 3.34. The minimum atomic E-state index is -0.180. The molecule has 3 heteroatoms. The Balaban J connectivity index is 1.92. The second-order valence-corrected chi connectivity index (χ2v) is 4.67. The first-order valence-corrected chi connectivity index (χ1v) is 5.90. The molecule has 1 nitrogen and oxygen atoms in total. The largest absolute Gasteiger partial charge is 0.311 e. The van der Waals surface area contributed by atoms with Gasteiger partial charge in [0, 0.05) is 22.6 Å². The van der Waals surface area contributed by atoms with Crippen LogP contribution in [0.15, 0.2) is 28.7 Å². The molecule has 1 aromatic rings. The molecule has 0 radical (unpaired) electrons. The fourth-order valence-electron chi connectivity index (χ4n) is 1.35. The van der Waals surface area contributed by atoms with Gasteiger partial charge in [0.05, 0.1) is 0 Å². The van der Waals surface area contributed by atoms with E-state index in [2.05, 4.69) is 21.2 Å². The summed E-state index contributed by atoms with van der Waals surface area (Å²) in [5.41, 5.74) is 0.627. The molecule has 0 bridgehead atoms. The molecular weight excluding hydrogens is 257 g/mol. The molecule has 0 aromatic heterocycles.